The molecule has 1 amide bonds. The largest absolute Gasteiger partial charge is 0.481 e. The highest BCUT2D eigenvalue weighted by Crippen LogP contribution is 2.37. The van der Waals surface area contributed by atoms with Crippen LogP contribution in [0.25, 0.3) is 0 Å². The lowest BCUT2D eigenvalue weighted by atomic mass is 10.1. The third-order valence-corrected chi connectivity index (χ3v) is 3.81. The molecule has 1 unspecified atom stereocenters. The molecule has 2 rings (SSSR count). The molecule has 0 radical (unpaired) electrons. The molecular weight excluding hydrogens is 300 g/mol. The Hall–Kier alpha value is -0.970. The Balaban J connectivity index is 2.37. The van der Waals surface area contributed by atoms with E-state index in [1.807, 2.05) is 0 Å². The van der Waals surface area contributed by atoms with Crippen LogP contribution in [-0.4, -0.2) is 23.5 Å². The zero-order valence-electron chi connectivity index (χ0n) is 8.99. The van der Waals surface area contributed by atoms with Crippen molar-refractivity contribution in [2.24, 2.45) is 5.92 Å². The summed E-state index contributed by atoms with van der Waals surface area (Å²) in [6, 6.07) is 2.90. The average molecular weight is 309 g/mol. The number of hydrogen-bond acceptors (Lipinski definition) is 2. The van der Waals surface area contributed by atoms with Gasteiger partial charge in [-0.2, -0.15) is 0 Å². The lowest BCUT2D eigenvalue weighted by Gasteiger charge is -2.18. The number of amides is 1. The van der Waals surface area contributed by atoms with Crippen molar-refractivity contribution in [3.8, 4) is 0 Å². The van der Waals surface area contributed by atoms with E-state index in [1.165, 1.54) is 17.0 Å². The van der Waals surface area contributed by atoms with Crippen molar-refractivity contribution in [3.63, 3.8) is 0 Å². The predicted octanol–water partition coefficient (Wildman–Crippen LogP) is 3.08. The summed E-state index contributed by atoms with van der Waals surface area (Å²) < 4.78 is 0. The number of carboxylic acid groups (broad SMARTS) is 1. The first-order chi connectivity index (χ1) is 8.41. The monoisotopic (exact) mass is 307 g/mol. The van der Waals surface area contributed by atoms with Gasteiger partial charge in [-0.15, -0.1) is 0 Å². The molecule has 1 aromatic carbocycles. The summed E-state index contributed by atoms with van der Waals surface area (Å²) in [5, 5.41) is 9.71. The van der Waals surface area contributed by atoms with E-state index in [4.69, 9.17) is 39.9 Å². The van der Waals surface area contributed by atoms with Crippen LogP contribution in [0.1, 0.15) is 6.42 Å². The van der Waals surface area contributed by atoms with Crippen molar-refractivity contribution in [2.45, 2.75) is 6.42 Å². The Labute approximate surface area is 118 Å². The number of hydrogen-bond donors (Lipinski definition) is 1. The van der Waals surface area contributed by atoms with Crippen LogP contribution in [0.15, 0.2) is 12.1 Å². The van der Waals surface area contributed by atoms with E-state index >= 15 is 0 Å². The van der Waals surface area contributed by atoms with E-state index in [0.717, 1.165) is 0 Å². The number of carbonyl (C=O) groups excluding carboxylic acids is 1. The molecule has 4 nitrogen and oxygen atoms in total. The summed E-state index contributed by atoms with van der Waals surface area (Å²) in [7, 11) is 0. The van der Waals surface area contributed by atoms with Gasteiger partial charge in [-0.1, -0.05) is 34.8 Å². The molecule has 1 aromatic rings. The van der Waals surface area contributed by atoms with Gasteiger partial charge in [-0.05, 0) is 18.6 Å². The lowest BCUT2D eigenvalue weighted by Crippen LogP contribution is -2.30. The third kappa shape index (κ3) is 2.28. The van der Waals surface area contributed by atoms with Crippen LogP contribution in [0.3, 0.4) is 0 Å². The fourth-order valence-corrected chi connectivity index (χ4v) is 2.51. The number of benzene rings is 1. The topological polar surface area (TPSA) is 57.6 Å². The lowest BCUT2D eigenvalue weighted by molar-refractivity contribution is -0.144. The van der Waals surface area contributed by atoms with Crippen molar-refractivity contribution < 1.29 is 14.7 Å². The molecule has 96 valence electrons. The standard InChI is InChI=1S/C11H8Cl3NO3/c12-6-3-8(14)9(4-7(6)13)15-2-1-5(10(15)16)11(17)18/h3-5H,1-2H2,(H,17,18). The normalized spacial score (nSPS) is 19.4. The van der Waals surface area contributed by atoms with Gasteiger partial charge in [-0.3, -0.25) is 9.59 Å². The Bertz CT molecular complexity index is 533. The maximum absolute atomic E-state index is 11.9. The Morgan fingerprint density at radius 3 is 2.39 bits per heavy atom. The van der Waals surface area contributed by atoms with E-state index in [9.17, 15) is 9.59 Å². The molecule has 1 fully saturated rings. The Morgan fingerprint density at radius 1 is 1.22 bits per heavy atom. The molecular formula is C11H8Cl3NO3. The molecule has 7 heteroatoms. The summed E-state index contributed by atoms with van der Waals surface area (Å²) >= 11 is 17.6. The van der Waals surface area contributed by atoms with Gasteiger partial charge in [0.2, 0.25) is 5.91 Å². The van der Waals surface area contributed by atoms with Crippen LogP contribution in [0, 0.1) is 5.92 Å². The van der Waals surface area contributed by atoms with Gasteiger partial charge in [0.25, 0.3) is 0 Å². The van der Waals surface area contributed by atoms with E-state index in [-0.39, 0.29) is 21.5 Å². The SMILES string of the molecule is O=C(O)C1CCN(c2cc(Cl)c(Cl)cc2Cl)C1=O. The maximum Gasteiger partial charge on any atom is 0.316 e. The number of carbonyl (C=O) groups is 2. The highest BCUT2D eigenvalue weighted by molar-refractivity contribution is 6.44. The minimum Gasteiger partial charge on any atom is -0.481 e. The molecule has 0 aromatic heterocycles. The number of aliphatic carboxylic acids is 1. The minimum absolute atomic E-state index is 0.255. The third-order valence-electron chi connectivity index (χ3n) is 2.78. The summed E-state index contributed by atoms with van der Waals surface area (Å²) in [5.74, 6) is -2.63. The van der Waals surface area contributed by atoms with Gasteiger partial charge < -0.3 is 10.0 Å². The first-order valence-corrected chi connectivity index (χ1v) is 6.24. The first-order valence-electron chi connectivity index (χ1n) is 5.10. The summed E-state index contributed by atoms with van der Waals surface area (Å²) in [6.45, 7) is 0.299. The smallest absolute Gasteiger partial charge is 0.316 e. The number of nitrogens with zero attached hydrogens (tertiary/aromatic N) is 1. The summed E-state index contributed by atoms with van der Waals surface area (Å²) in [6.07, 6.45) is 0.255. The summed E-state index contributed by atoms with van der Waals surface area (Å²) in [5.41, 5.74) is 0.389. The van der Waals surface area contributed by atoms with Gasteiger partial charge in [-0.25, -0.2) is 0 Å². The maximum atomic E-state index is 11.9. The van der Waals surface area contributed by atoms with Crippen LogP contribution in [0.4, 0.5) is 5.69 Å². The molecule has 0 aliphatic carbocycles. The molecule has 18 heavy (non-hydrogen) atoms. The van der Waals surface area contributed by atoms with Gasteiger partial charge in [0.1, 0.15) is 5.92 Å². The zero-order valence-corrected chi connectivity index (χ0v) is 11.3. The average Bonchev–Trinajstić information content (AvgIpc) is 2.66. The van der Waals surface area contributed by atoms with Crippen molar-refractivity contribution in [2.75, 3.05) is 11.4 Å². The number of rotatable bonds is 2. The Kier molecular flexibility index (Phi) is 3.71. The second-order valence-electron chi connectivity index (χ2n) is 3.89. The van der Waals surface area contributed by atoms with Crippen molar-refractivity contribution in [3.05, 3.63) is 27.2 Å². The van der Waals surface area contributed by atoms with Crippen molar-refractivity contribution in [1.29, 1.82) is 0 Å². The van der Waals surface area contributed by atoms with E-state index in [0.29, 0.717) is 12.2 Å². The van der Waals surface area contributed by atoms with Crippen LogP contribution in [-0.2, 0) is 9.59 Å². The van der Waals surface area contributed by atoms with E-state index in [1.54, 1.807) is 0 Å². The Morgan fingerprint density at radius 2 is 1.83 bits per heavy atom. The number of anilines is 1. The molecule has 0 bridgehead atoms. The highest BCUT2D eigenvalue weighted by atomic mass is 35.5. The second-order valence-corrected chi connectivity index (χ2v) is 5.11. The van der Waals surface area contributed by atoms with Crippen molar-refractivity contribution in [1.82, 2.24) is 0 Å². The minimum atomic E-state index is -1.13. The van der Waals surface area contributed by atoms with Crippen LogP contribution in [0.2, 0.25) is 15.1 Å². The van der Waals surface area contributed by atoms with Crippen LogP contribution < -0.4 is 4.90 Å². The zero-order chi connectivity index (χ0) is 13.4. The molecule has 1 N–H and O–H groups in total. The molecule has 1 aliphatic heterocycles. The molecule has 0 spiro atoms. The van der Waals surface area contributed by atoms with Gasteiger partial charge in [0.15, 0.2) is 0 Å². The van der Waals surface area contributed by atoms with Gasteiger partial charge in [0.05, 0.1) is 20.8 Å². The fourth-order valence-electron chi connectivity index (χ4n) is 1.87. The predicted molar refractivity (Wildman–Crippen MR) is 69.6 cm³/mol. The fraction of sp³-hybridized carbons (Fsp3) is 0.273. The number of carboxylic acids is 1. The molecule has 1 heterocycles. The number of halogens is 3. The van der Waals surface area contributed by atoms with Crippen LogP contribution in [0.5, 0.6) is 0 Å². The summed E-state index contributed by atoms with van der Waals surface area (Å²) in [4.78, 5) is 24.1. The van der Waals surface area contributed by atoms with E-state index < -0.39 is 17.8 Å². The first kappa shape index (κ1) is 13.5. The molecule has 1 saturated heterocycles. The molecule has 0 saturated carbocycles. The van der Waals surface area contributed by atoms with Gasteiger partial charge in [0, 0.05) is 6.54 Å². The van der Waals surface area contributed by atoms with Crippen LogP contribution >= 0.6 is 34.8 Å². The van der Waals surface area contributed by atoms with E-state index in [2.05, 4.69) is 0 Å². The van der Waals surface area contributed by atoms with Crippen molar-refractivity contribution >= 4 is 52.4 Å². The second kappa shape index (κ2) is 4.96. The quantitative estimate of drug-likeness (QED) is 0.675. The molecule has 1 atom stereocenters. The molecule has 1 aliphatic rings. The highest BCUT2D eigenvalue weighted by Gasteiger charge is 2.38. The van der Waals surface area contributed by atoms with Gasteiger partial charge >= 0.3 is 5.97 Å².